The summed E-state index contributed by atoms with van der Waals surface area (Å²) in [5.41, 5.74) is 5.06. The van der Waals surface area contributed by atoms with Crippen molar-refractivity contribution in [1.82, 2.24) is 0 Å². The van der Waals surface area contributed by atoms with Crippen LogP contribution in [0.15, 0.2) is 0 Å². The van der Waals surface area contributed by atoms with E-state index in [9.17, 15) is 4.79 Å². The van der Waals surface area contributed by atoms with Crippen LogP contribution in [0.5, 0.6) is 0 Å². The third kappa shape index (κ3) is 3.97. The Bertz CT molecular complexity index is 268. The molecular weight excluding hydrogens is 118 g/mol. The molecule has 0 heterocycles. The van der Waals surface area contributed by atoms with E-state index in [0.29, 0.717) is 0 Å². The second-order valence-corrected chi connectivity index (χ2v) is 1.49. The number of hydrogen-bond donors (Lipinski definition) is 2. The molecule has 0 radical (unpaired) electrons. The minimum absolute atomic E-state index is 1.64. The van der Waals surface area contributed by atoms with Crippen molar-refractivity contribution in [2.45, 2.75) is 26.2 Å². The van der Waals surface area contributed by atoms with E-state index in [-0.39, 0.29) is 0 Å². The highest BCUT2D eigenvalue weighted by Crippen LogP contribution is 2.01. The van der Waals surface area contributed by atoms with Gasteiger partial charge in [0.1, 0.15) is 6.04 Å². The molecule has 3 atom stereocenters. The lowest BCUT2D eigenvalue weighted by Crippen LogP contribution is -2.31. The van der Waals surface area contributed by atoms with Gasteiger partial charge in [0.15, 0.2) is 0 Å². The van der Waals surface area contributed by atoms with Gasteiger partial charge in [0.05, 0.1) is 0 Å². The van der Waals surface area contributed by atoms with E-state index in [0.717, 1.165) is 0 Å². The normalized spacial score (nSPS) is 36.9. The van der Waals surface area contributed by atoms with Gasteiger partial charge in [0.25, 0.3) is 0 Å². The van der Waals surface area contributed by atoms with Crippen LogP contribution in [-0.4, -0.2) is 17.1 Å². The van der Waals surface area contributed by atoms with Crippen molar-refractivity contribution in [2.24, 2.45) is 11.6 Å². The first-order chi connectivity index (χ1) is 6.96. The van der Waals surface area contributed by atoms with E-state index in [1.54, 1.807) is 0 Å². The monoisotopic (exact) mass is 138 g/mol. The van der Waals surface area contributed by atoms with Crippen LogP contribution in [0.3, 0.4) is 0 Å². The minimum atomic E-state index is -3.12. The standard InChI is InChI=1S/C6H13NO2/c1-4(2)3-5(7)6(8)9/h4-5H,3,7H2,1-2H3,(H,8,9)/t5-/m0/s1/i1D2,2D3,3D,4D/t3?,4-,5-. The average Bonchev–Trinajstić information content (AvgIpc) is 2.11. The summed E-state index contributed by atoms with van der Waals surface area (Å²) in [6.45, 7) is -5.33. The molecule has 0 aliphatic carbocycles. The number of carboxylic acid groups (broad SMARTS) is 1. The summed E-state index contributed by atoms with van der Waals surface area (Å²) in [6.07, 6.45) is -2.09. The molecule has 0 aromatic heterocycles. The summed E-state index contributed by atoms with van der Waals surface area (Å²) in [6, 6.07) is -1.92. The molecule has 0 saturated carbocycles. The Kier molecular flexibility index (Phi) is 0.858. The van der Waals surface area contributed by atoms with Gasteiger partial charge in [-0.3, -0.25) is 4.79 Å². The first-order valence-corrected chi connectivity index (χ1v) is 2.21. The quantitative estimate of drug-likeness (QED) is 0.595. The van der Waals surface area contributed by atoms with Crippen LogP contribution in [0.1, 0.15) is 29.7 Å². The molecule has 0 fully saturated rings. The van der Waals surface area contributed by atoms with Crippen molar-refractivity contribution >= 4 is 5.97 Å². The Morgan fingerprint density at radius 3 is 3.22 bits per heavy atom. The molecule has 3 N–H and O–H groups in total. The summed E-state index contributed by atoms with van der Waals surface area (Å²) in [7, 11) is 0. The van der Waals surface area contributed by atoms with Crippen molar-refractivity contribution in [3.8, 4) is 0 Å². The van der Waals surface area contributed by atoms with Gasteiger partial charge in [-0.1, -0.05) is 13.7 Å². The first-order valence-electron chi connectivity index (χ1n) is 5.94. The predicted octanol–water partition coefficient (Wildman–Crippen LogP) is 0.444. The molecule has 3 heteroatoms. The summed E-state index contributed by atoms with van der Waals surface area (Å²) in [5, 5.41) is 8.53. The Labute approximate surface area is 64.7 Å². The lowest BCUT2D eigenvalue weighted by Gasteiger charge is -2.07. The zero-order chi connectivity index (χ0) is 13.3. The number of carboxylic acids is 1. The highest BCUT2D eigenvalue weighted by atomic mass is 16.4. The fourth-order valence-electron chi connectivity index (χ4n) is 0.265. The lowest BCUT2D eigenvalue weighted by molar-refractivity contribution is -0.138. The molecule has 0 saturated heterocycles. The molecule has 0 rings (SSSR count). The third-order valence-corrected chi connectivity index (χ3v) is 0.644. The molecular formula is C6H13NO2. The average molecular weight is 138 g/mol. The number of hydrogen-bond acceptors (Lipinski definition) is 2. The van der Waals surface area contributed by atoms with E-state index in [1.807, 2.05) is 0 Å². The number of nitrogens with two attached hydrogens (primary N) is 1. The summed E-state index contributed by atoms with van der Waals surface area (Å²) >= 11 is 0. The van der Waals surface area contributed by atoms with Gasteiger partial charge in [0.2, 0.25) is 0 Å². The Hall–Kier alpha value is -0.570. The molecule has 0 spiro atoms. The van der Waals surface area contributed by atoms with Crippen molar-refractivity contribution in [1.29, 1.82) is 0 Å². The van der Waals surface area contributed by atoms with Crippen LogP contribution < -0.4 is 5.73 Å². The second-order valence-electron chi connectivity index (χ2n) is 1.49. The van der Waals surface area contributed by atoms with E-state index < -0.39 is 38.0 Å². The largest absolute Gasteiger partial charge is 0.480 e. The maximum absolute atomic E-state index is 10.5. The number of carbonyl (C=O) groups is 1. The molecule has 0 aromatic carbocycles. The highest BCUT2D eigenvalue weighted by Gasteiger charge is 2.11. The maximum Gasteiger partial charge on any atom is 0.320 e. The molecule has 3 nitrogen and oxygen atoms in total. The summed E-state index contributed by atoms with van der Waals surface area (Å²) in [5.74, 6) is -4.49. The van der Waals surface area contributed by atoms with Crippen molar-refractivity contribution < 1.29 is 19.5 Å². The topological polar surface area (TPSA) is 63.3 Å². The van der Waals surface area contributed by atoms with Gasteiger partial charge >= 0.3 is 5.97 Å². The van der Waals surface area contributed by atoms with Crippen LogP contribution in [0, 0.1) is 5.89 Å². The van der Waals surface area contributed by atoms with Crippen molar-refractivity contribution in [3.05, 3.63) is 0 Å². The van der Waals surface area contributed by atoms with Gasteiger partial charge in [-0.25, -0.2) is 0 Å². The van der Waals surface area contributed by atoms with Gasteiger partial charge in [-0.2, -0.15) is 0 Å². The summed E-state index contributed by atoms with van der Waals surface area (Å²) < 4.78 is 49.9. The minimum Gasteiger partial charge on any atom is -0.480 e. The molecule has 0 aliphatic heterocycles. The second kappa shape index (κ2) is 3.45. The fourth-order valence-corrected chi connectivity index (χ4v) is 0.265. The highest BCUT2D eigenvalue weighted by molar-refractivity contribution is 5.72. The summed E-state index contributed by atoms with van der Waals surface area (Å²) in [4.78, 5) is 10.5. The van der Waals surface area contributed by atoms with Crippen LogP contribution in [-0.2, 0) is 4.79 Å². The van der Waals surface area contributed by atoms with E-state index in [2.05, 4.69) is 0 Å². The van der Waals surface area contributed by atoms with Crippen molar-refractivity contribution in [2.75, 3.05) is 0 Å². The molecule has 1 unspecified atom stereocenters. The smallest absolute Gasteiger partial charge is 0.320 e. The van der Waals surface area contributed by atoms with Crippen molar-refractivity contribution in [3.63, 3.8) is 0 Å². The number of rotatable bonds is 3. The fraction of sp³-hybridized carbons (Fsp3) is 0.833. The predicted molar refractivity (Wildman–Crippen MR) is 35.1 cm³/mol. The van der Waals surface area contributed by atoms with Crippen LogP contribution >= 0.6 is 0 Å². The molecule has 0 bridgehead atoms. The number of aliphatic carboxylic acids is 1. The molecule has 0 aliphatic rings. The Balaban J connectivity index is 5.31. The van der Waals surface area contributed by atoms with Crippen LogP contribution in [0.2, 0.25) is 0 Å². The van der Waals surface area contributed by atoms with Gasteiger partial charge in [0, 0.05) is 9.60 Å². The van der Waals surface area contributed by atoms with Crippen LogP contribution in [0.25, 0.3) is 0 Å². The zero-order valence-electron chi connectivity index (χ0n) is 11.7. The van der Waals surface area contributed by atoms with Gasteiger partial charge in [-0.15, -0.1) is 0 Å². The maximum atomic E-state index is 10.5. The molecule has 0 aromatic rings. The lowest BCUT2D eigenvalue weighted by atomic mass is 10.1. The molecule has 9 heavy (non-hydrogen) atoms. The molecule has 54 valence electrons. The van der Waals surface area contributed by atoms with Crippen LogP contribution in [0.4, 0.5) is 0 Å². The van der Waals surface area contributed by atoms with Gasteiger partial charge < -0.3 is 10.8 Å². The van der Waals surface area contributed by atoms with E-state index in [1.165, 1.54) is 0 Å². The van der Waals surface area contributed by atoms with Gasteiger partial charge in [-0.05, 0) is 12.3 Å². The zero-order valence-corrected chi connectivity index (χ0v) is 4.66. The van der Waals surface area contributed by atoms with E-state index in [4.69, 9.17) is 20.4 Å². The Morgan fingerprint density at radius 1 is 2.22 bits per heavy atom. The third-order valence-electron chi connectivity index (χ3n) is 0.644. The molecule has 0 amide bonds. The SMILES string of the molecule is [2H]C([2H])[C@]([2H])(C([2H])[C@H](N)C(=O)O)C([2H])([2H])[2H]. The van der Waals surface area contributed by atoms with E-state index >= 15 is 0 Å². The Morgan fingerprint density at radius 2 is 2.89 bits per heavy atom. The first kappa shape index (κ1) is 2.23.